The van der Waals surface area contributed by atoms with Crippen LogP contribution in [0.2, 0.25) is 0 Å². The highest BCUT2D eigenvalue weighted by molar-refractivity contribution is 5.85. The number of benzene rings is 7. The molecule has 11 rings (SSSR count). The van der Waals surface area contributed by atoms with E-state index in [0.717, 1.165) is 34.1 Å². The van der Waals surface area contributed by atoms with Crippen LogP contribution in [0.15, 0.2) is 170 Å². The van der Waals surface area contributed by atoms with E-state index in [1.807, 2.05) is 0 Å². The largest absolute Gasteiger partial charge is 0.310 e. The summed E-state index contributed by atoms with van der Waals surface area (Å²) in [5.74, 6) is 0. The Morgan fingerprint density at radius 3 is 1.03 bits per heavy atom. The monoisotopic (exact) mass is 752 g/mol. The fourth-order valence-electron chi connectivity index (χ4n) is 12.1. The van der Waals surface area contributed by atoms with Crippen LogP contribution in [0, 0.1) is 0 Å². The average molecular weight is 753 g/mol. The van der Waals surface area contributed by atoms with Crippen LogP contribution in [-0.4, -0.2) is 0 Å². The third-order valence-corrected chi connectivity index (χ3v) is 14.9. The van der Waals surface area contributed by atoms with E-state index in [4.69, 9.17) is 0 Å². The SMILES string of the molecule is CC12CCC(C)(C1)c1cc(-c3cccc(N(c4ccccc4)c4cccc(N(c5ccccc5)c5cccc(-c6ccc7c(c6)C6(C)CCC7(C)C6)c5)c4)c3)ccc12. The first-order valence-electron chi connectivity index (χ1n) is 21.4. The van der Waals surface area contributed by atoms with Gasteiger partial charge >= 0.3 is 0 Å². The lowest BCUT2D eigenvalue weighted by molar-refractivity contribution is 0.483. The number of hydrogen-bond donors (Lipinski definition) is 0. The molecule has 4 unspecified atom stereocenters. The summed E-state index contributed by atoms with van der Waals surface area (Å²) in [4.78, 5) is 4.81. The molecule has 0 N–H and O–H groups in total. The van der Waals surface area contributed by atoms with Crippen molar-refractivity contribution >= 4 is 34.1 Å². The van der Waals surface area contributed by atoms with Crippen LogP contribution in [-0.2, 0) is 21.7 Å². The summed E-state index contributed by atoms with van der Waals surface area (Å²) in [5, 5.41) is 0. The van der Waals surface area contributed by atoms with E-state index in [1.54, 1.807) is 22.3 Å². The summed E-state index contributed by atoms with van der Waals surface area (Å²) in [6.45, 7) is 9.92. The van der Waals surface area contributed by atoms with Gasteiger partial charge in [-0.15, -0.1) is 0 Å². The van der Waals surface area contributed by atoms with E-state index in [-0.39, 0.29) is 10.8 Å². The van der Waals surface area contributed by atoms with Crippen molar-refractivity contribution in [1.29, 1.82) is 0 Å². The molecule has 0 heterocycles. The Morgan fingerprint density at radius 2 is 0.621 bits per heavy atom. The van der Waals surface area contributed by atoms with E-state index >= 15 is 0 Å². The maximum Gasteiger partial charge on any atom is 0.0482 e. The van der Waals surface area contributed by atoms with Gasteiger partial charge in [-0.3, -0.25) is 0 Å². The third kappa shape index (κ3) is 5.52. The molecule has 2 fully saturated rings. The highest BCUT2D eigenvalue weighted by Crippen LogP contribution is 2.62. The zero-order valence-corrected chi connectivity index (χ0v) is 34.3. The van der Waals surface area contributed by atoms with Gasteiger partial charge in [0.15, 0.2) is 0 Å². The van der Waals surface area contributed by atoms with Gasteiger partial charge in [-0.05, 0) is 171 Å². The normalized spacial score (nSPS) is 24.8. The van der Waals surface area contributed by atoms with Gasteiger partial charge < -0.3 is 9.80 Å². The summed E-state index contributed by atoms with van der Waals surface area (Å²) in [6.07, 6.45) is 7.72. The zero-order valence-electron chi connectivity index (χ0n) is 34.3. The number of hydrogen-bond acceptors (Lipinski definition) is 2. The topological polar surface area (TPSA) is 6.48 Å². The lowest BCUT2D eigenvalue weighted by Gasteiger charge is -2.30. The van der Waals surface area contributed by atoms with Gasteiger partial charge in [-0.1, -0.05) is 131 Å². The van der Waals surface area contributed by atoms with E-state index in [0.29, 0.717) is 10.8 Å². The molecule has 4 bridgehead atoms. The Labute approximate surface area is 344 Å². The van der Waals surface area contributed by atoms with Crippen molar-refractivity contribution in [3.63, 3.8) is 0 Å². The van der Waals surface area contributed by atoms with Gasteiger partial charge in [0, 0.05) is 34.1 Å². The van der Waals surface area contributed by atoms with Crippen molar-refractivity contribution in [2.24, 2.45) is 0 Å². The van der Waals surface area contributed by atoms with E-state index < -0.39 is 0 Å². The van der Waals surface area contributed by atoms with E-state index in [1.165, 1.54) is 60.8 Å². The van der Waals surface area contributed by atoms with Crippen LogP contribution < -0.4 is 9.80 Å². The molecule has 2 nitrogen and oxygen atoms in total. The molecule has 4 atom stereocenters. The molecule has 4 aliphatic carbocycles. The predicted octanol–water partition coefficient (Wildman–Crippen LogP) is 15.4. The summed E-state index contributed by atoms with van der Waals surface area (Å²) in [6, 6.07) is 63.5. The fraction of sp³-hybridized carbons (Fsp3) is 0.250. The molecule has 0 amide bonds. The van der Waals surface area contributed by atoms with Gasteiger partial charge in [0.05, 0.1) is 0 Å². The molecule has 4 aliphatic rings. The molecule has 58 heavy (non-hydrogen) atoms. The number of para-hydroxylation sites is 2. The molecule has 0 saturated heterocycles. The molecular weight excluding hydrogens is 701 g/mol. The lowest BCUT2D eigenvalue weighted by Crippen LogP contribution is -2.17. The second-order valence-corrected chi connectivity index (χ2v) is 19.1. The number of fused-ring (bicyclic) bond motifs is 10. The molecule has 0 aromatic heterocycles. The minimum Gasteiger partial charge on any atom is -0.310 e. The fourth-order valence-corrected chi connectivity index (χ4v) is 12.1. The molecule has 7 aromatic rings. The van der Waals surface area contributed by atoms with Crippen molar-refractivity contribution in [3.05, 3.63) is 192 Å². The van der Waals surface area contributed by atoms with Crippen LogP contribution in [0.4, 0.5) is 34.1 Å². The standard InChI is InChI=1S/C56H52N2/c1-53-28-30-55(3,37-53)51-34-41(24-26-49(51)53)39-14-11-20-45(32-39)57(43-16-7-5-8-17-43)47-22-13-23-48(36-47)58(44-18-9-6-10-19-44)46-21-12-15-40(33-46)42-25-27-50-52(35-42)56(4)31-29-54(50,2)38-56/h5-27,32-36H,28-31,37-38H2,1-4H3. The number of anilines is 6. The predicted molar refractivity (Wildman–Crippen MR) is 244 cm³/mol. The average Bonchev–Trinajstić information content (AvgIpc) is 3.91. The van der Waals surface area contributed by atoms with Gasteiger partial charge in [0.25, 0.3) is 0 Å². The van der Waals surface area contributed by atoms with E-state index in [9.17, 15) is 0 Å². The van der Waals surface area contributed by atoms with Crippen molar-refractivity contribution in [2.45, 2.75) is 87.9 Å². The van der Waals surface area contributed by atoms with Crippen LogP contribution in [0.5, 0.6) is 0 Å². The molecule has 0 spiro atoms. The quantitative estimate of drug-likeness (QED) is 0.153. The Kier molecular flexibility index (Phi) is 7.81. The second kappa shape index (κ2) is 12.8. The minimum atomic E-state index is 0.288. The van der Waals surface area contributed by atoms with Crippen molar-refractivity contribution < 1.29 is 0 Å². The molecule has 286 valence electrons. The van der Waals surface area contributed by atoms with Crippen molar-refractivity contribution in [1.82, 2.24) is 0 Å². The molecule has 2 saturated carbocycles. The first-order chi connectivity index (χ1) is 28.1. The summed E-state index contributed by atoms with van der Waals surface area (Å²) < 4.78 is 0. The molecule has 0 radical (unpaired) electrons. The Hall–Kier alpha value is -5.86. The molecule has 0 aliphatic heterocycles. The van der Waals surface area contributed by atoms with Crippen LogP contribution in [0.3, 0.4) is 0 Å². The maximum absolute atomic E-state index is 2.51. The van der Waals surface area contributed by atoms with Crippen LogP contribution >= 0.6 is 0 Å². The highest BCUT2D eigenvalue weighted by Gasteiger charge is 2.53. The summed E-state index contributed by atoms with van der Waals surface area (Å²) in [7, 11) is 0. The van der Waals surface area contributed by atoms with Gasteiger partial charge in [-0.25, -0.2) is 0 Å². The van der Waals surface area contributed by atoms with Gasteiger partial charge in [0.1, 0.15) is 0 Å². The summed E-state index contributed by atoms with van der Waals surface area (Å²) >= 11 is 0. The van der Waals surface area contributed by atoms with E-state index in [2.05, 4.69) is 207 Å². The third-order valence-electron chi connectivity index (χ3n) is 14.9. The van der Waals surface area contributed by atoms with Gasteiger partial charge in [-0.2, -0.15) is 0 Å². The van der Waals surface area contributed by atoms with Crippen LogP contribution in [0.25, 0.3) is 22.3 Å². The minimum absolute atomic E-state index is 0.288. The smallest absolute Gasteiger partial charge is 0.0482 e. The van der Waals surface area contributed by atoms with Crippen LogP contribution in [0.1, 0.15) is 88.5 Å². The molecule has 2 heteroatoms. The van der Waals surface area contributed by atoms with Crippen molar-refractivity contribution in [3.8, 4) is 22.3 Å². The van der Waals surface area contributed by atoms with Gasteiger partial charge in [0.2, 0.25) is 0 Å². The first-order valence-corrected chi connectivity index (χ1v) is 21.4. The molecular formula is C56H52N2. The number of nitrogens with zero attached hydrogens (tertiary/aromatic N) is 2. The lowest BCUT2D eigenvalue weighted by atomic mass is 9.77. The van der Waals surface area contributed by atoms with Crippen molar-refractivity contribution in [2.75, 3.05) is 9.80 Å². The Bertz CT molecular complexity index is 2530. The maximum atomic E-state index is 2.51. The highest BCUT2D eigenvalue weighted by atomic mass is 15.2. The first kappa shape index (κ1) is 35.3. The Balaban J connectivity index is 0.993. The Morgan fingerprint density at radius 1 is 0.293 bits per heavy atom. The summed E-state index contributed by atoms with van der Waals surface area (Å²) in [5.41, 5.74) is 19.4. The second-order valence-electron chi connectivity index (χ2n) is 19.1. The number of rotatable bonds is 8. The molecule has 7 aromatic carbocycles. The zero-order chi connectivity index (χ0) is 39.3.